The molecule has 110 valence electrons. The molecule has 21 heavy (non-hydrogen) atoms. The summed E-state index contributed by atoms with van der Waals surface area (Å²) in [4.78, 5) is 0. The van der Waals surface area contributed by atoms with Gasteiger partial charge in [0.15, 0.2) is 0 Å². The van der Waals surface area contributed by atoms with Crippen molar-refractivity contribution in [3.05, 3.63) is 54.6 Å². The fourth-order valence-corrected chi connectivity index (χ4v) is 2.62. The summed E-state index contributed by atoms with van der Waals surface area (Å²) in [6.07, 6.45) is 2.08. The highest BCUT2D eigenvalue weighted by Crippen LogP contribution is 2.40. The summed E-state index contributed by atoms with van der Waals surface area (Å²) in [6.45, 7) is 0.489. The molecule has 1 unspecified atom stereocenters. The van der Waals surface area contributed by atoms with Gasteiger partial charge in [0.05, 0.1) is 0 Å². The zero-order valence-corrected chi connectivity index (χ0v) is 12.0. The van der Waals surface area contributed by atoms with Gasteiger partial charge >= 0.3 is 0 Å². The van der Waals surface area contributed by atoms with E-state index in [4.69, 9.17) is 10.5 Å². The van der Waals surface area contributed by atoms with Gasteiger partial charge in [-0.2, -0.15) is 0 Å². The Balaban J connectivity index is 1.80. The van der Waals surface area contributed by atoms with Gasteiger partial charge in [-0.15, -0.1) is 0 Å². The number of benzene rings is 2. The minimum absolute atomic E-state index is 0.241. The average Bonchev–Trinajstić information content (AvgIpc) is 3.39. The van der Waals surface area contributed by atoms with Crippen molar-refractivity contribution in [3.63, 3.8) is 0 Å². The molecule has 0 spiro atoms. The molecular formula is C18H21NO2. The molecule has 1 saturated carbocycles. The molecule has 0 aromatic heterocycles. The van der Waals surface area contributed by atoms with E-state index < -0.39 is 5.60 Å². The Kier molecular flexibility index (Phi) is 3.95. The number of nitrogens with two attached hydrogens (primary N) is 1. The second-order valence-corrected chi connectivity index (χ2v) is 5.73. The molecule has 2 aromatic rings. The Morgan fingerprint density at radius 3 is 2.38 bits per heavy atom. The van der Waals surface area contributed by atoms with Crippen molar-refractivity contribution < 1.29 is 9.84 Å². The summed E-state index contributed by atoms with van der Waals surface area (Å²) < 4.78 is 5.92. The van der Waals surface area contributed by atoms with Crippen LogP contribution in [0.25, 0.3) is 11.1 Å². The molecule has 2 aromatic carbocycles. The quantitative estimate of drug-likeness (QED) is 0.857. The summed E-state index contributed by atoms with van der Waals surface area (Å²) in [6, 6.07) is 18.0. The Bertz CT molecular complexity index is 595. The first-order valence-corrected chi connectivity index (χ1v) is 7.42. The van der Waals surface area contributed by atoms with Gasteiger partial charge in [0.2, 0.25) is 0 Å². The van der Waals surface area contributed by atoms with E-state index in [2.05, 4.69) is 12.1 Å². The van der Waals surface area contributed by atoms with Gasteiger partial charge in [0.1, 0.15) is 18.0 Å². The maximum atomic E-state index is 10.5. The van der Waals surface area contributed by atoms with Crippen LogP contribution in [0, 0.1) is 5.92 Å². The zero-order valence-electron chi connectivity index (χ0n) is 12.0. The van der Waals surface area contributed by atoms with Crippen LogP contribution in [0.4, 0.5) is 0 Å². The van der Waals surface area contributed by atoms with Gasteiger partial charge < -0.3 is 15.6 Å². The van der Waals surface area contributed by atoms with Crippen LogP contribution in [0.3, 0.4) is 0 Å². The molecular weight excluding hydrogens is 262 g/mol. The minimum atomic E-state index is -0.899. The van der Waals surface area contributed by atoms with Gasteiger partial charge in [0, 0.05) is 12.1 Å². The van der Waals surface area contributed by atoms with Crippen LogP contribution in [0.5, 0.6) is 5.75 Å². The third-order valence-electron chi connectivity index (χ3n) is 4.14. The highest BCUT2D eigenvalue weighted by atomic mass is 16.5. The fourth-order valence-electron chi connectivity index (χ4n) is 2.62. The highest BCUT2D eigenvalue weighted by Gasteiger charge is 2.43. The van der Waals surface area contributed by atoms with Crippen LogP contribution in [0.2, 0.25) is 0 Å². The fraction of sp³-hybridized carbons (Fsp3) is 0.333. The molecule has 0 saturated heterocycles. The second-order valence-electron chi connectivity index (χ2n) is 5.73. The van der Waals surface area contributed by atoms with E-state index in [9.17, 15) is 5.11 Å². The summed E-state index contributed by atoms with van der Waals surface area (Å²) in [7, 11) is 0. The number of hydrogen-bond acceptors (Lipinski definition) is 3. The molecule has 1 atom stereocenters. The van der Waals surface area contributed by atoms with E-state index in [1.54, 1.807) is 0 Å². The van der Waals surface area contributed by atoms with E-state index in [0.717, 1.165) is 29.7 Å². The largest absolute Gasteiger partial charge is 0.490 e. The number of hydrogen-bond donors (Lipinski definition) is 2. The average molecular weight is 283 g/mol. The molecule has 0 amide bonds. The predicted octanol–water partition coefficient (Wildman–Crippen LogP) is 2.83. The van der Waals surface area contributed by atoms with E-state index >= 15 is 0 Å². The minimum Gasteiger partial charge on any atom is -0.490 e. The molecule has 1 aliphatic rings. The van der Waals surface area contributed by atoms with Crippen molar-refractivity contribution in [1.82, 2.24) is 0 Å². The van der Waals surface area contributed by atoms with Crippen LogP contribution in [-0.4, -0.2) is 23.9 Å². The van der Waals surface area contributed by atoms with Crippen molar-refractivity contribution in [2.75, 3.05) is 13.2 Å². The van der Waals surface area contributed by atoms with E-state index in [0.29, 0.717) is 0 Å². The van der Waals surface area contributed by atoms with E-state index in [1.807, 2.05) is 42.5 Å². The van der Waals surface area contributed by atoms with Crippen molar-refractivity contribution in [2.24, 2.45) is 11.7 Å². The second kappa shape index (κ2) is 5.88. The van der Waals surface area contributed by atoms with Crippen LogP contribution in [0.15, 0.2) is 54.6 Å². The third-order valence-corrected chi connectivity index (χ3v) is 4.14. The topological polar surface area (TPSA) is 55.5 Å². The Morgan fingerprint density at radius 1 is 1.05 bits per heavy atom. The van der Waals surface area contributed by atoms with E-state index in [1.165, 1.54) is 0 Å². The number of rotatable bonds is 6. The standard InChI is InChI=1S/C18H21NO2/c19-12-18(20,15-10-11-15)13-21-17-9-5-4-8-16(17)14-6-2-1-3-7-14/h1-9,15,20H,10-13,19H2. The van der Waals surface area contributed by atoms with Crippen molar-refractivity contribution in [1.29, 1.82) is 0 Å². The maximum Gasteiger partial charge on any atom is 0.127 e. The summed E-state index contributed by atoms with van der Waals surface area (Å²) in [5, 5.41) is 10.5. The van der Waals surface area contributed by atoms with Crippen molar-refractivity contribution >= 4 is 0 Å². The molecule has 0 aliphatic heterocycles. The monoisotopic (exact) mass is 283 g/mol. The van der Waals surface area contributed by atoms with E-state index in [-0.39, 0.29) is 19.1 Å². The molecule has 0 bridgehead atoms. The normalized spacial score (nSPS) is 17.2. The smallest absolute Gasteiger partial charge is 0.127 e. The molecule has 3 heteroatoms. The molecule has 0 heterocycles. The first-order chi connectivity index (χ1) is 10.2. The van der Waals surface area contributed by atoms with Gasteiger partial charge in [-0.25, -0.2) is 0 Å². The maximum absolute atomic E-state index is 10.5. The summed E-state index contributed by atoms with van der Waals surface area (Å²) >= 11 is 0. The lowest BCUT2D eigenvalue weighted by atomic mass is 9.99. The Labute approximate surface area is 125 Å². The third kappa shape index (κ3) is 3.09. The van der Waals surface area contributed by atoms with Gasteiger partial charge in [0.25, 0.3) is 0 Å². The lowest BCUT2D eigenvalue weighted by Gasteiger charge is -2.27. The van der Waals surface area contributed by atoms with Crippen LogP contribution < -0.4 is 10.5 Å². The Morgan fingerprint density at radius 2 is 1.71 bits per heavy atom. The SMILES string of the molecule is NCC(O)(COc1ccccc1-c1ccccc1)C1CC1. The van der Waals surface area contributed by atoms with Gasteiger partial charge in [-0.1, -0.05) is 48.5 Å². The highest BCUT2D eigenvalue weighted by molar-refractivity contribution is 5.70. The van der Waals surface area contributed by atoms with Crippen LogP contribution in [0.1, 0.15) is 12.8 Å². The summed E-state index contributed by atoms with van der Waals surface area (Å²) in [5.41, 5.74) is 6.97. The first kappa shape index (κ1) is 14.1. The van der Waals surface area contributed by atoms with Crippen molar-refractivity contribution in [2.45, 2.75) is 18.4 Å². The predicted molar refractivity (Wildman–Crippen MR) is 84.1 cm³/mol. The number of ether oxygens (including phenoxy) is 1. The molecule has 3 N–H and O–H groups in total. The molecule has 1 aliphatic carbocycles. The molecule has 1 fully saturated rings. The van der Waals surface area contributed by atoms with Gasteiger partial charge in [-0.3, -0.25) is 0 Å². The number of aliphatic hydroxyl groups is 1. The van der Waals surface area contributed by atoms with Crippen molar-refractivity contribution in [3.8, 4) is 16.9 Å². The Hall–Kier alpha value is -1.84. The summed E-state index contributed by atoms with van der Waals surface area (Å²) in [5.74, 6) is 1.07. The zero-order chi connectivity index (χ0) is 14.7. The number of para-hydroxylation sites is 1. The lowest BCUT2D eigenvalue weighted by molar-refractivity contribution is -0.0160. The van der Waals surface area contributed by atoms with Crippen LogP contribution >= 0.6 is 0 Å². The first-order valence-electron chi connectivity index (χ1n) is 7.42. The molecule has 0 radical (unpaired) electrons. The molecule has 3 nitrogen and oxygen atoms in total. The van der Waals surface area contributed by atoms with Gasteiger partial charge in [-0.05, 0) is 30.4 Å². The lowest BCUT2D eigenvalue weighted by Crippen LogP contribution is -2.45. The molecule has 3 rings (SSSR count). The van der Waals surface area contributed by atoms with Crippen LogP contribution in [-0.2, 0) is 0 Å².